The van der Waals surface area contributed by atoms with Crippen molar-refractivity contribution in [3.8, 4) is 5.75 Å². The van der Waals surface area contributed by atoms with Crippen LogP contribution in [0.25, 0.3) is 11.0 Å². The van der Waals surface area contributed by atoms with Crippen molar-refractivity contribution in [2.75, 3.05) is 13.2 Å². The minimum absolute atomic E-state index is 0.0556. The van der Waals surface area contributed by atoms with Crippen molar-refractivity contribution in [2.45, 2.75) is 31.6 Å². The number of H-pyrrole nitrogens is 1. The molecule has 4 rings (SSSR count). The number of aromatic amines is 1. The Kier molecular flexibility index (Phi) is 5.55. The van der Waals surface area contributed by atoms with Crippen LogP contribution in [-0.4, -0.2) is 29.0 Å². The highest BCUT2D eigenvalue weighted by Crippen LogP contribution is 2.34. The van der Waals surface area contributed by atoms with E-state index in [0.29, 0.717) is 24.1 Å². The second-order valence-corrected chi connectivity index (χ2v) is 7.40. The van der Waals surface area contributed by atoms with Crippen LogP contribution in [0.1, 0.15) is 37.4 Å². The van der Waals surface area contributed by atoms with Gasteiger partial charge in [-0.1, -0.05) is 12.1 Å². The molecule has 1 amide bonds. The number of carbonyl (C=O) groups excluding carboxylic acids is 1. The first-order valence-corrected chi connectivity index (χ1v) is 9.77. The highest BCUT2D eigenvalue weighted by molar-refractivity contribution is 5.77. The van der Waals surface area contributed by atoms with Gasteiger partial charge in [0.25, 0.3) is 5.91 Å². The van der Waals surface area contributed by atoms with Gasteiger partial charge >= 0.3 is 0 Å². The maximum Gasteiger partial charge on any atom is 0.257 e. The van der Waals surface area contributed by atoms with E-state index in [2.05, 4.69) is 16.4 Å². The third kappa shape index (κ3) is 4.50. The second kappa shape index (κ2) is 8.42. The molecular weight excluding hydrogens is 357 g/mol. The Labute approximate surface area is 163 Å². The summed E-state index contributed by atoms with van der Waals surface area (Å²) in [6.07, 6.45) is 4.29. The first-order valence-electron chi connectivity index (χ1n) is 9.77. The second-order valence-electron chi connectivity index (χ2n) is 7.40. The summed E-state index contributed by atoms with van der Waals surface area (Å²) < 4.78 is 18.2. The van der Waals surface area contributed by atoms with E-state index < -0.39 is 0 Å². The van der Waals surface area contributed by atoms with E-state index >= 15 is 0 Å². The lowest BCUT2D eigenvalue weighted by atomic mass is 9.81. The van der Waals surface area contributed by atoms with Crippen molar-refractivity contribution < 1.29 is 13.9 Å². The Morgan fingerprint density at radius 2 is 1.86 bits per heavy atom. The van der Waals surface area contributed by atoms with Gasteiger partial charge in [-0.05, 0) is 68.0 Å². The zero-order chi connectivity index (χ0) is 19.3. The molecule has 1 aromatic heterocycles. The minimum Gasteiger partial charge on any atom is -0.484 e. The van der Waals surface area contributed by atoms with Gasteiger partial charge in [0.05, 0.1) is 11.0 Å². The quantitative estimate of drug-likeness (QED) is 0.673. The van der Waals surface area contributed by atoms with Crippen LogP contribution in [0.3, 0.4) is 0 Å². The summed E-state index contributed by atoms with van der Waals surface area (Å²) in [5, 5.41) is 2.95. The predicted molar refractivity (Wildman–Crippen MR) is 106 cm³/mol. The van der Waals surface area contributed by atoms with Crippen LogP contribution in [0.5, 0.6) is 5.75 Å². The number of nitrogens with zero attached hydrogens (tertiary/aromatic N) is 1. The highest BCUT2D eigenvalue weighted by atomic mass is 19.1. The van der Waals surface area contributed by atoms with E-state index in [0.717, 1.165) is 42.5 Å². The summed E-state index contributed by atoms with van der Waals surface area (Å²) in [5.74, 6) is 2.04. The Balaban J connectivity index is 1.20. The van der Waals surface area contributed by atoms with Crippen molar-refractivity contribution in [1.29, 1.82) is 0 Å². The first-order chi connectivity index (χ1) is 13.7. The van der Waals surface area contributed by atoms with Gasteiger partial charge in [-0.25, -0.2) is 9.37 Å². The molecule has 1 saturated carbocycles. The van der Waals surface area contributed by atoms with E-state index in [1.54, 1.807) is 0 Å². The number of hydrogen-bond acceptors (Lipinski definition) is 3. The normalized spacial score (nSPS) is 19.5. The fraction of sp³-hybridized carbons (Fsp3) is 0.364. The number of nitrogens with one attached hydrogen (secondary N) is 2. The predicted octanol–water partition coefficient (Wildman–Crippen LogP) is 4.17. The van der Waals surface area contributed by atoms with Crippen molar-refractivity contribution in [2.24, 2.45) is 5.92 Å². The lowest BCUT2D eigenvalue weighted by molar-refractivity contribution is -0.123. The number of fused-ring (bicyclic) bond motifs is 1. The van der Waals surface area contributed by atoms with Crippen LogP contribution in [0.2, 0.25) is 0 Å². The molecule has 1 aliphatic rings. The van der Waals surface area contributed by atoms with Gasteiger partial charge in [-0.3, -0.25) is 4.79 Å². The summed E-state index contributed by atoms with van der Waals surface area (Å²) in [6.45, 7) is 0.610. The van der Waals surface area contributed by atoms with E-state index in [-0.39, 0.29) is 18.3 Å². The molecule has 0 atom stereocenters. The zero-order valence-corrected chi connectivity index (χ0v) is 15.7. The molecule has 2 N–H and O–H groups in total. The molecule has 3 aromatic rings. The molecule has 1 aliphatic carbocycles. The maximum atomic E-state index is 12.9. The summed E-state index contributed by atoms with van der Waals surface area (Å²) >= 11 is 0. The van der Waals surface area contributed by atoms with Gasteiger partial charge in [0, 0.05) is 12.5 Å². The number of imidazole rings is 1. The number of benzene rings is 2. The average molecular weight is 381 g/mol. The minimum atomic E-state index is -0.324. The van der Waals surface area contributed by atoms with Crippen molar-refractivity contribution in [3.05, 3.63) is 60.2 Å². The molecule has 0 spiro atoms. The van der Waals surface area contributed by atoms with Crippen molar-refractivity contribution in [1.82, 2.24) is 15.3 Å². The van der Waals surface area contributed by atoms with Crippen LogP contribution in [-0.2, 0) is 4.79 Å². The molecule has 146 valence electrons. The lowest BCUT2D eigenvalue weighted by Gasteiger charge is -2.27. The molecule has 5 nitrogen and oxygen atoms in total. The summed E-state index contributed by atoms with van der Waals surface area (Å²) in [5.41, 5.74) is 2.11. The summed E-state index contributed by atoms with van der Waals surface area (Å²) in [4.78, 5) is 20.2. The maximum absolute atomic E-state index is 12.9. The van der Waals surface area contributed by atoms with Gasteiger partial charge < -0.3 is 15.0 Å². The van der Waals surface area contributed by atoms with Gasteiger partial charge in [-0.2, -0.15) is 0 Å². The number of rotatable bonds is 6. The van der Waals surface area contributed by atoms with Gasteiger partial charge in [0.2, 0.25) is 0 Å². The SMILES string of the molecule is O=C(COc1ccc(F)cc1)NCC1CCC(c2nc3ccccc3[nH]2)CC1. The van der Waals surface area contributed by atoms with Crippen LogP contribution in [0, 0.1) is 11.7 Å². The number of para-hydroxylation sites is 2. The van der Waals surface area contributed by atoms with Crippen LogP contribution in [0.15, 0.2) is 48.5 Å². The Hall–Kier alpha value is -2.89. The standard InChI is InChI=1S/C22H24FN3O2/c23-17-9-11-18(12-10-17)28-14-21(27)24-13-15-5-7-16(8-6-15)22-25-19-3-1-2-4-20(19)26-22/h1-4,9-12,15-16H,5-8,13-14H2,(H,24,27)(H,25,26). The molecule has 0 bridgehead atoms. The monoisotopic (exact) mass is 381 g/mol. The molecule has 6 heteroatoms. The smallest absolute Gasteiger partial charge is 0.257 e. The van der Waals surface area contributed by atoms with Crippen molar-refractivity contribution in [3.63, 3.8) is 0 Å². The highest BCUT2D eigenvalue weighted by Gasteiger charge is 2.24. The van der Waals surface area contributed by atoms with Gasteiger partial charge in [0.15, 0.2) is 6.61 Å². The lowest BCUT2D eigenvalue weighted by Crippen LogP contribution is -2.34. The summed E-state index contributed by atoms with van der Waals surface area (Å²) in [7, 11) is 0. The molecule has 28 heavy (non-hydrogen) atoms. The van der Waals surface area contributed by atoms with E-state index in [1.807, 2.05) is 18.2 Å². The third-order valence-electron chi connectivity index (χ3n) is 5.41. The first kappa shape index (κ1) is 18.5. The van der Waals surface area contributed by atoms with Crippen LogP contribution < -0.4 is 10.1 Å². The summed E-state index contributed by atoms with van der Waals surface area (Å²) in [6, 6.07) is 13.8. The Bertz CT molecular complexity index is 897. The van der Waals surface area contributed by atoms with Gasteiger partial charge in [-0.15, -0.1) is 0 Å². The average Bonchev–Trinajstić information content (AvgIpc) is 3.16. The third-order valence-corrected chi connectivity index (χ3v) is 5.41. The van der Waals surface area contributed by atoms with Crippen molar-refractivity contribution >= 4 is 16.9 Å². The number of halogens is 1. The molecule has 0 aliphatic heterocycles. The molecule has 0 unspecified atom stereocenters. The van der Waals surface area contributed by atoms with E-state index in [4.69, 9.17) is 9.72 Å². The molecular formula is C22H24FN3O2. The number of ether oxygens (including phenoxy) is 1. The molecule has 1 heterocycles. The fourth-order valence-electron chi connectivity index (χ4n) is 3.79. The number of amides is 1. The Morgan fingerprint density at radius 1 is 1.11 bits per heavy atom. The number of aromatic nitrogens is 2. The van der Waals surface area contributed by atoms with Crippen LogP contribution in [0.4, 0.5) is 4.39 Å². The zero-order valence-electron chi connectivity index (χ0n) is 15.7. The molecule has 1 fully saturated rings. The van der Waals surface area contributed by atoms with E-state index in [1.165, 1.54) is 24.3 Å². The van der Waals surface area contributed by atoms with E-state index in [9.17, 15) is 9.18 Å². The fourth-order valence-corrected chi connectivity index (χ4v) is 3.79. The van der Waals surface area contributed by atoms with Gasteiger partial charge in [0.1, 0.15) is 17.4 Å². The largest absolute Gasteiger partial charge is 0.484 e. The molecule has 0 saturated heterocycles. The molecule has 0 radical (unpaired) electrons. The number of carbonyl (C=O) groups is 1. The molecule has 2 aromatic carbocycles. The number of hydrogen-bond donors (Lipinski definition) is 2. The van der Waals surface area contributed by atoms with Crippen LogP contribution >= 0.6 is 0 Å². The Morgan fingerprint density at radius 3 is 2.61 bits per heavy atom. The topological polar surface area (TPSA) is 67.0 Å².